The van der Waals surface area contributed by atoms with Crippen molar-refractivity contribution < 1.29 is 9.53 Å². The summed E-state index contributed by atoms with van der Waals surface area (Å²) in [5.74, 6) is -0.331. The minimum Gasteiger partial charge on any atom is -0.465 e. The number of fused-ring (bicyclic) bond motifs is 1. The van der Waals surface area contributed by atoms with Gasteiger partial charge in [0.15, 0.2) is 0 Å². The molecule has 4 nitrogen and oxygen atoms in total. The van der Waals surface area contributed by atoms with E-state index in [2.05, 4.69) is 33.8 Å². The van der Waals surface area contributed by atoms with Crippen molar-refractivity contribution in [3.05, 3.63) is 95.8 Å². The zero-order valence-electron chi connectivity index (χ0n) is 14.9. The number of imidazole rings is 1. The summed E-state index contributed by atoms with van der Waals surface area (Å²) in [6, 6.07) is 23.6. The molecule has 0 N–H and O–H groups in total. The van der Waals surface area contributed by atoms with Crippen LogP contribution >= 0.6 is 0 Å². The number of aromatic nitrogens is 2. The first-order valence-corrected chi connectivity index (χ1v) is 8.64. The topological polar surface area (TPSA) is 44.1 Å². The molecule has 0 aliphatic rings. The van der Waals surface area contributed by atoms with Gasteiger partial charge in [-0.2, -0.15) is 0 Å². The van der Waals surface area contributed by atoms with Crippen molar-refractivity contribution in [2.24, 2.45) is 0 Å². The van der Waals surface area contributed by atoms with Crippen LogP contribution in [0, 0.1) is 0 Å². The van der Waals surface area contributed by atoms with Crippen LogP contribution in [0.1, 0.15) is 21.5 Å². The second-order valence-corrected chi connectivity index (χ2v) is 6.11. The zero-order valence-corrected chi connectivity index (χ0v) is 14.9. The molecule has 1 heterocycles. The fraction of sp³-hybridized carbons (Fsp3) is 0.0435. The smallest absolute Gasteiger partial charge is 0.337 e. The molecule has 0 radical (unpaired) electrons. The van der Waals surface area contributed by atoms with E-state index in [0.29, 0.717) is 5.56 Å². The first-order chi connectivity index (χ1) is 13.3. The summed E-state index contributed by atoms with van der Waals surface area (Å²) in [7, 11) is 1.38. The van der Waals surface area contributed by atoms with Crippen LogP contribution < -0.4 is 0 Å². The van der Waals surface area contributed by atoms with E-state index in [1.807, 2.05) is 54.9 Å². The quantitative estimate of drug-likeness (QED) is 0.383. The summed E-state index contributed by atoms with van der Waals surface area (Å²) in [6.07, 6.45) is 5.94. The number of hydrogen-bond acceptors (Lipinski definition) is 3. The number of esters is 1. The molecule has 0 bridgehead atoms. The van der Waals surface area contributed by atoms with Crippen molar-refractivity contribution in [1.29, 1.82) is 0 Å². The van der Waals surface area contributed by atoms with Crippen molar-refractivity contribution in [2.45, 2.75) is 0 Å². The van der Waals surface area contributed by atoms with Gasteiger partial charge in [-0.25, -0.2) is 9.78 Å². The molecule has 4 heteroatoms. The lowest BCUT2D eigenvalue weighted by Gasteiger charge is -2.08. The van der Waals surface area contributed by atoms with E-state index in [9.17, 15) is 4.79 Å². The number of nitrogens with zero attached hydrogens (tertiary/aromatic N) is 2. The number of carbonyl (C=O) groups is 1. The van der Waals surface area contributed by atoms with Gasteiger partial charge in [0.25, 0.3) is 0 Å². The maximum Gasteiger partial charge on any atom is 0.337 e. The molecule has 4 aromatic rings. The van der Waals surface area contributed by atoms with Gasteiger partial charge in [-0.05, 0) is 41.5 Å². The number of benzene rings is 3. The highest BCUT2D eigenvalue weighted by Gasteiger charge is 2.07. The molecule has 0 saturated carbocycles. The molecular formula is C23H18N2O2. The fourth-order valence-electron chi connectivity index (χ4n) is 3.03. The van der Waals surface area contributed by atoms with Gasteiger partial charge < -0.3 is 4.74 Å². The standard InChI is InChI=1S/C23H18N2O2/c1-27-23(26)19-14-11-17(12-15-19)10-13-18-6-2-4-8-21(18)25-16-24-20-7-3-5-9-22(20)25/h2-16H,1H3/b13-10+. The molecule has 1 aromatic heterocycles. The second kappa shape index (κ2) is 7.30. The Morgan fingerprint density at radius 1 is 0.926 bits per heavy atom. The maximum atomic E-state index is 11.5. The first-order valence-electron chi connectivity index (χ1n) is 8.64. The molecule has 0 spiro atoms. The van der Waals surface area contributed by atoms with Crippen LogP contribution in [0.15, 0.2) is 79.1 Å². The number of carbonyl (C=O) groups excluding carboxylic acids is 1. The summed E-state index contributed by atoms with van der Waals surface area (Å²) in [5, 5.41) is 0. The van der Waals surface area contributed by atoms with Gasteiger partial charge in [0.2, 0.25) is 0 Å². The highest BCUT2D eigenvalue weighted by molar-refractivity contribution is 5.89. The van der Waals surface area contributed by atoms with Crippen LogP contribution in [0.5, 0.6) is 0 Å². The predicted molar refractivity (Wildman–Crippen MR) is 108 cm³/mol. The van der Waals surface area contributed by atoms with Crippen molar-refractivity contribution >= 4 is 29.2 Å². The van der Waals surface area contributed by atoms with E-state index in [4.69, 9.17) is 4.74 Å². The summed E-state index contributed by atoms with van der Waals surface area (Å²) in [6.45, 7) is 0. The lowest BCUT2D eigenvalue weighted by atomic mass is 10.1. The van der Waals surface area contributed by atoms with E-state index in [1.54, 1.807) is 12.1 Å². The zero-order chi connectivity index (χ0) is 18.6. The molecule has 0 aliphatic heterocycles. The molecule has 4 rings (SSSR count). The highest BCUT2D eigenvalue weighted by Crippen LogP contribution is 2.22. The fourth-order valence-corrected chi connectivity index (χ4v) is 3.03. The lowest BCUT2D eigenvalue weighted by Crippen LogP contribution is -2.00. The van der Waals surface area contributed by atoms with Gasteiger partial charge in [0.1, 0.15) is 6.33 Å². The number of methoxy groups -OCH3 is 1. The third kappa shape index (κ3) is 3.37. The molecular weight excluding hydrogens is 336 g/mol. The molecule has 0 amide bonds. The van der Waals surface area contributed by atoms with Gasteiger partial charge in [-0.15, -0.1) is 0 Å². The van der Waals surface area contributed by atoms with Gasteiger partial charge in [-0.3, -0.25) is 4.57 Å². The van der Waals surface area contributed by atoms with Crippen molar-refractivity contribution in [3.8, 4) is 5.69 Å². The van der Waals surface area contributed by atoms with Crippen molar-refractivity contribution in [1.82, 2.24) is 9.55 Å². The van der Waals surface area contributed by atoms with Crippen LogP contribution in [-0.4, -0.2) is 22.6 Å². The Morgan fingerprint density at radius 3 is 2.48 bits per heavy atom. The number of rotatable bonds is 4. The lowest BCUT2D eigenvalue weighted by molar-refractivity contribution is 0.0600. The maximum absolute atomic E-state index is 11.5. The van der Waals surface area contributed by atoms with E-state index >= 15 is 0 Å². The normalized spacial score (nSPS) is 11.1. The van der Waals surface area contributed by atoms with E-state index < -0.39 is 0 Å². The van der Waals surface area contributed by atoms with Gasteiger partial charge in [0, 0.05) is 0 Å². The number of para-hydroxylation sites is 3. The van der Waals surface area contributed by atoms with Crippen LogP contribution in [0.2, 0.25) is 0 Å². The molecule has 0 unspecified atom stereocenters. The van der Waals surface area contributed by atoms with Crippen molar-refractivity contribution in [3.63, 3.8) is 0 Å². The molecule has 0 saturated heterocycles. The summed E-state index contributed by atoms with van der Waals surface area (Å²) in [4.78, 5) is 16.0. The van der Waals surface area contributed by atoms with Gasteiger partial charge in [-0.1, -0.05) is 54.6 Å². The first kappa shape index (κ1) is 16.8. The SMILES string of the molecule is COC(=O)c1ccc(/C=C/c2ccccc2-n2cnc3ccccc32)cc1. The molecule has 0 fully saturated rings. The average Bonchev–Trinajstić information content (AvgIpc) is 3.16. The van der Waals surface area contributed by atoms with E-state index in [1.165, 1.54) is 7.11 Å². The second-order valence-electron chi connectivity index (χ2n) is 6.11. The van der Waals surface area contributed by atoms with Crippen LogP contribution in [-0.2, 0) is 4.74 Å². The Bertz CT molecular complexity index is 1120. The summed E-state index contributed by atoms with van der Waals surface area (Å²) >= 11 is 0. The van der Waals surface area contributed by atoms with Gasteiger partial charge >= 0.3 is 5.97 Å². The minimum atomic E-state index is -0.331. The highest BCUT2D eigenvalue weighted by atomic mass is 16.5. The molecule has 3 aromatic carbocycles. The molecule has 0 atom stereocenters. The van der Waals surface area contributed by atoms with E-state index in [-0.39, 0.29) is 5.97 Å². The Balaban J connectivity index is 1.67. The Labute approximate surface area is 157 Å². The molecule has 0 aliphatic carbocycles. The number of hydrogen-bond donors (Lipinski definition) is 0. The van der Waals surface area contributed by atoms with Crippen LogP contribution in [0.25, 0.3) is 28.9 Å². The van der Waals surface area contributed by atoms with Crippen molar-refractivity contribution in [2.75, 3.05) is 7.11 Å². The Hall–Kier alpha value is -3.66. The molecule has 132 valence electrons. The minimum absolute atomic E-state index is 0.331. The van der Waals surface area contributed by atoms with Gasteiger partial charge in [0.05, 0.1) is 29.4 Å². The summed E-state index contributed by atoms with van der Waals surface area (Å²) in [5.41, 5.74) is 5.73. The third-order valence-corrected chi connectivity index (χ3v) is 4.44. The monoisotopic (exact) mass is 354 g/mol. The summed E-state index contributed by atoms with van der Waals surface area (Å²) < 4.78 is 6.82. The Kier molecular flexibility index (Phi) is 4.54. The van der Waals surface area contributed by atoms with E-state index in [0.717, 1.165) is 27.8 Å². The predicted octanol–water partition coefficient (Wildman–Crippen LogP) is 4.98. The number of ether oxygens (including phenoxy) is 1. The largest absolute Gasteiger partial charge is 0.465 e. The molecule has 27 heavy (non-hydrogen) atoms. The third-order valence-electron chi connectivity index (χ3n) is 4.44. The Morgan fingerprint density at radius 2 is 1.67 bits per heavy atom. The average molecular weight is 354 g/mol. The van der Waals surface area contributed by atoms with Crippen LogP contribution in [0.3, 0.4) is 0 Å². The van der Waals surface area contributed by atoms with Crippen LogP contribution in [0.4, 0.5) is 0 Å².